The summed E-state index contributed by atoms with van der Waals surface area (Å²) in [6.45, 7) is 0. The van der Waals surface area contributed by atoms with Crippen LogP contribution in [0.5, 0.6) is 0 Å². The summed E-state index contributed by atoms with van der Waals surface area (Å²) < 4.78 is 12.6. The highest BCUT2D eigenvalue weighted by Crippen LogP contribution is 2.07. The molecule has 0 amide bonds. The summed E-state index contributed by atoms with van der Waals surface area (Å²) in [5.74, 6) is -0.385. The Morgan fingerprint density at radius 3 is 2.54 bits per heavy atom. The van der Waals surface area contributed by atoms with E-state index in [9.17, 15) is 4.39 Å². The molecule has 0 radical (unpaired) electrons. The fraction of sp³-hybridized carbons (Fsp3) is 0. The zero-order valence-corrected chi connectivity index (χ0v) is 6.66. The van der Waals surface area contributed by atoms with E-state index in [0.717, 1.165) is 0 Å². The van der Waals surface area contributed by atoms with Crippen molar-refractivity contribution in [3.8, 4) is 12.1 Å². The summed E-state index contributed by atoms with van der Waals surface area (Å²) in [4.78, 5) is 0. The summed E-state index contributed by atoms with van der Waals surface area (Å²) in [6, 6.07) is 9.10. The minimum atomic E-state index is -0.385. The molecule has 62 valence electrons. The lowest BCUT2D eigenvalue weighted by molar-refractivity contribution is 0.627. The highest BCUT2D eigenvalue weighted by Gasteiger charge is 1.94. The van der Waals surface area contributed by atoms with Crippen LogP contribution in [0.2, 0.25) is 0 Å². The van der Waals surface area contributed by atoms with E-state index in [0.29, 0.717) is 5.56 Å². The molecular weight excluding hydrogens is 167 g/mol. The van der Waals surface area contributed by atoms with Crippen LogP contribution < -0.4 is 0 Å². The van der Waals surface area contributed by atoms with E-state index in [1.54, 1.807) is 18.2 Å². The molecule has 0 unspecified atom stereocenters. The maximum atomic E-state index is 12.6. The molecule has 1 aromatic carbocycles. The van der Waals surface area contributed by atoms with Gasteiger partial charge >= 0.3 is 0 Å². The van der Waals surface area contributed by atoms with Crippen molar-refractivity contribution < 1.29 is 4.39 Å². The van der Waals surface area contributed by atoms with Crippen LogP contribution in [0.3, 0.4) is 0 Å². The molecule has 0 saturated carbocycles. The van der Waals surface area contributed by atoms with E-state index < -0.39 is 0 Å². The molecule has 0 aliphatic carbocycles. The zero-order valence-electron chi connectivity index (χ0n) is 6.66. The van der Waals surface area contributed by atoms with Crippen molar-refractivity contribution in [2.75, 3.05) is 0 Å². The van der Waals surface area contributed by atoms with Crippen LogP contribution in [0.25, 0.3) is 6.08 Å². The number of nitrogens with zero attached hydrogens (tertiary/aromatic N) is 2. The molecule has 0 aliphatic heterocycles. The summed E-state index contributed by atoms with van der Waals surface area (Å²) >= 11 is 0. The second-order valence-corrected chi connectivity index (χ2v) is 2.34. The number of nitriles is 2. The van der Waals surface area contributed by atoms with Crippen LogP contribution >= 0.6 is 0 Å². The van der Waals surface area contributed by atoms with Crippen LogP contribution in [-0.2, 0) is 0 Å². The smallest absolute Gasteiger partial charge is 0.130 e. The first-order chi connectivity index (χ1) is 6.26. The maximum absolute atomic E-state index is 12.6. The number of hydrogen-bond donors (Lipinski definition) is 0. The first kappa shape index (κ1) is 8.96. The van der Waals surface area contributed by atoms with Gasteiger partial charge in [0.25, 0.3) is 0 Å². The molecule has 2 nitrogen and oxygen atoms in total. The Kier molecular flexibility index (Phi) is 2.78. The second kappa shape index (κ2) is 4.04. The normalized spacial score (nSPS) is 8.23. The van der Waals surface area contributed by atoms with Crippen molar-refractivity contribution in [1.82, 2.24) is 0 Å². The minimum absolute atomic E-state index is 0.0365. The number of benzene rings is 1. The van der Waals surface area contributed by atoms with Crippen molar-refractivity contribution in [1.29, 1.82) is 10.5 Å². The zero-order chi connectivity index (χ0) is 9.68. The third kappa shape index (κ3) is 2.43. The Labute approximate surface area is 75.2 Å². The highest BCUT2D eigenvalue weighted by atomic mass is 19.1. The van der Waals surface area contributed by atoms with Gasteiger partial charge in [-0.3, -0.25) is 0 Å². The lowest BCUT2D eigenvalue weighted by atomic mass is 10.1. The molecule has 0 fully saturated rings. The molecule has 0 saturated heterocycles. The molecule has 3 heteroatoms. The van der Waals surface area contributed by atoms with Gasteiger partial charge in [-0.2, -0.15) is 10.5 Å². The molecule has 0 aromatic heterocycles. The summed E-state index contributed by atoms with van der Waals surface area (Å²) in [7, 11) is 0. The minimum Gasteiger partial charge on any atom is -0.207 e. The first-order valence-corrected chi connectivity index (χ1v) is 3.53. The Hall–Kier alpha value is -2.13. The van der Waals surface area contributed by atoms with Crippen molar-refractivity contribution >= 4 is 6.08 Å². The van der Waals surface area contributed by atoms with E-state index in [-0.39, 0.29) is 11.4 Å². The van der Waals surface area contributed by atoms with Gasteiger partial charge in [-0.1, -0.05) is 12.1 Å². The standard InChI is InChI=1S/C10H5FN2/c11-10-3-1-2-8(5-10)4-9(6-12)7-13/h1-5H. The number of allylic oxidation sites excluding steroid dienone is 1. The largest absolute Gasteiger partial charge is 0.207 e. The van der Waals surface area contributed by atoms with Crippen LogP contribution in [-0.4, -0.2) is 0 Å². The van der Waals surface area contributed by atoms with Gasteiger partial charge in [0.15, 0.2) is 0 Å². The molecule has 0 heterocycles. The van der Waals surface area contributed by atoms with E-state index in [4.69, 9.17) is 10.5 Å². The number of hydrogen-bond acceptors (Lipinski definition) is 2. The van der Waals surface area contributed by atoms with Crippen LogP contribution in [0.4, 0.5) is 4.39 Å². The Morgan fingerprint density at radius 2 is 2.00 bits per heavy atom. The summed E-state index contributed by atoms with van der Waals surface area (Å²) in [6.07, 6.45) is 1.34. The first-order valence-electron chi connectivity index (χ1n) is 3.53. The van der Waals surface area contributed by atoms with Crippen molar-refractivity contribution in [2.45, 2.75) is 0 Å². The third-order valence-electron chi connectivity index (χ3n) is 1.40. The Morgan fingerprint density at radius 1 is 1.31 bits per heavy atom. The van der Waals surface area contributed by atoms with Gasteiger partial charge in [0.2, 0.25) is 0 Å². The van der Waals surface area contributed by atoms with Gasteiger partial charge in [0.05, 0.1) is 0 Å². The topological polar surface area (TPSA) is 47.6 Å². The Bertz CT molecular complexity index is 405. The molecule has 0 spiro atoms. The van der Waals surface area contributed by atoms with Gasteiger partial charge < -0.3 is 0 Å². The quantitative estimate of drug-likeness (QED) is 0.610. The lowest BCUT2D eigenvalue weighted by Crippen LogP contribution is -1.78. The number of rotatable bonds is 1. The molecule has 0 N–H and O–H groups in total. The van der Waals surface area contributed by atoms with E-state index in [1.165, 1.54) is 24.3 Å². The average molecular weight is 172 g/mol. The van der Waals surface area contributed by atoms with Crippen LogP contribution in [0.15, 0.2) is 29.8 Å². The molecule has 0 aliphatic rings. The van der Waals surface area contributed by atoms with Gasteiger partial charge in [0, 0.05) is 0 Å². The molecule has 1 rings (SSSR count). The highest BCUT2D eigenvalue weighted by molar-refractivity contribution is 5.61. The fourth-order valence-electron chi connectivity index (χ4n) is 0.853. The van der Waals surface area contributed by atoms with Gasteiger partial charge in [-0.25, -0.2) is 4.39 Å². The lowest BCUT2D eigenvalue weighted by Gasteiger charge is -1.91. The summed E-state index contributed by atoms with van der Waals surface area (Å²) in [5.41, 5.74) is 0.476. The van der Waals surface area contributed by atoms with Crippen LogP contribution in [0.1, 0.15) is 5.56 Å². The SMILES string of the molecule is N#CC(C#N)=Cc1cccc(F)c1. The molecule has 0 atom stereocenters. The Balaban J connectivity index is 3.06. The monoisotopic (exact) mass is 172 g/mol. The molecular formula is C10H5FN2. The second-order valence-electron chi connectivity index (χ2n) is 2.34. The van der Waals surface area contributed by atoms with Gasteiger partial charge in [0.1, 0.15) is 23.5 Å². The van der Waals surface area contributed by atoms with E-state index in [2.05, 4.69) is 0 Å². The predicted octanol–water partition coefficient (Wildman–Crippen LogP) is 2.26. The molecule has 1 aromatic rings. The van der Waals surface area contributed by atoms with Crippen molar-refractivity contribution in [2.24, 2.45) is 0 Å². The fourth-order valence-corrected chi connectivity index (χ4v) is 0.853. The number of halogens is 1. The van der Waals surface area contributed by atoms with E-state index >= 15 is 0 Å². The van der Waals surface area contributed by atoms with Gasteiger partial charge in [-0.15, -0.1) is 0 Å². The van der Waals surface area contributed by atoms with Crippen molar-refractivity contribution in [3.63, 3.8) is 0 Å². The third-order valence-corrected chi connectivity index (χ3v) is 1.40. The predicted molar refractivity (Wildman–Crippen MR) is 45.6 cm³/mol. The average Bonchev–Trinajstić information content (AvgIpc) is 2.14. The van der Waals surface area contributed by atoms with E-state index in [1.807, 2.05) is 0 Å². The van der Waals surface area contributed by atoms with Gasteiger partial charge in [-0.05, 0) is 23.8 Å². The molecule has 13 heavy (non-hydrogen) atoms. The van der Waals surface area contributed by atoms with Crippen molar-refractivity contribution in [3.05, 3.63) is 41.2 Å². The summed E-state index contributed by atoms with van der Waals surface area (Å²) in [5, 5.41) is 16.8. The molecule has 0 bridgehead atoms. The van der Waals surface area contributed by atoms with Crippen LogP contribution in [0, 0.1) is 28.5 Å². The maximum Gasteiger partial charge on any atom is 0.130 e.